The normalized spacial score (nSPS) is 10.3. The second kappa shape index (κ2) is 8.33. The number of benzene rings is 2. The summed E-state index contributed by atoms with van der Waals surface area (Å²) in [6, 6.07) is 16.5. The summed E-state index contributed by atoms with van der Waals surface area (Å²) in [6.07, 6.45) is 1.42. The van der Waals surface area contributed by atoms with E-state index in [0.717, 1.165) is 5.56 Å². The Balaban J connectivity index is 1.84. The van der Waals surface area contributed by atoms with Gasteiger partial charge >= 0.3 is 11.8 Å². The van der Waals surface area contributed by atoms with Gasteiger partial charge in [0.2, 0.25) is 0 Å². The van der Waals surface area contributed by atoms with Crippen LogP contribution < -0.4 is 15.5 Å². The SMILES string of the molecule is COc1ccccc1/C=N\NC(=O)C(=O)NCc1ccccc1. The van der Waals surface area contributed by atoms with Crippen molar-refractivity contribution in [1.82, 2.24) is 10.7 Å². The quantitative estimate of drug-likeness (QED) is 0.498. The zero-order valence-corrected chi connectivity index (χ0v) is 12.7. The van der Waals surface area contributed by atoms with E-state index in [1.54, 1.807) is 19.2 Å². The van der Waals surface area contributed by atoms with Crippen LogP contribution >= 0.6 is 0 Å². The average Bonchev–Trinajstić information content (AvgIpc) is 2.60. The minimum Gasteiger partial charge on any atom is -0.496 e. The third kappa shape index (κ3) is 4.96. The summed E-state index contributed by atoms with van der Waals surface area (Å²) in [7, 11) is 1.54. The van der Waals surface area contributed by atoms with Crippen LogP contribution in [0.25, 0.3) is 0 Å². The third-order valence-corrected chi connectivity index (χ3v) is 3.01. The highest BCUT2D eigenvalue weighted by Crippen LogP contribution is 2.14. The molecule has 0 unspecified atom stereocenters. The molecule has 2 amide bonds. The number of nitrogens with zero attached hydrogens (tertiary/aromatic N) is 1. The third-order valence-electron chi connectivity index (χ3n) is 3.01. The van der Waals surface area contributed by atoms with Gasteiger partial charge < -0.3 is 10.1 Å². The Hall–Kier alpha value is -3.15. The predicted octanol–water partition coefficient (Wildman–Crippen LogP) is 1.46. The lowest BCUT2D eigenvalue weighted by molar-refractivity contribution is -0.139. The van der Waals surface area contributed by atoms with Crippen LogP contribution in [0.4, 0.5) is 0 Å². The average molecular weight is 311 g/mol. The fourth-order valence-corrected chi connectivity index (χ4v) is 1.84. The van der Waals surface area contributed by atoms with E-state index in [0.29, 0.717) is 11.3 Å². The molecule has 2 aromatic carbocycles. The highest BCUT2D eigenvalue weighted by molar-refractivity contribution is 6.35. The molecule has 0 radical (unpaired) electrons. The van der Waals surface area contributed by atoms with Gasteiger partial charge in [0.05, 0.1) is 13.3 Å². The Morgan fingerprint density at radius 1 is 1.04 bits per heavy atom. The van der Waals surface area contributed by atoms with Crippen molar-refractivity contribution in [3.05, 3.63) is 65.7 Å². The van der Waals surface area contributed by atoms with E-state index in [-0.39, 0.29) is 6.54 Å². The maximum absolute atomic E-state index is 11.7. The van der Waals surface area contributed by atoms with Crippen LogP contribution in [0, 0.1) is 0 Å². The van der Waals surface area contributed by atoms with E-state index >= 15 is 0 Å². The minimum absolute atomic E-state index is 0.281. The molecule has 0 atom stereocenters. The van der Waals surface area contributed by atoms with Crippen molar-refractivity contribution >= 4 is 18.0 Å². The van der Waals surface area contributed by atoms with Crippen molar-refractivity contribution < 1.29 is 14.3 Å². The molecule has 0 aliphatic carbocycles. The topological polar surface area (TPSA) is 79.8 Å². The Kier molecular flexibility index (Phi) is 5.88. The van der Waals surface area contributed by atoms with Gasteiger partial charge in [0, 0.05) is 12.1 Å². The van der Waals surface area contributed by atoms with Gasteiger partial charge in [0.15, 0.2) is 0 Å². The lowest BCUT2D eigenvalue weighted by atomic mass is 10.2. The Labute approximate surface area is 134 Å². The summed E-state index contributed by atoms with van der Waals surface area (Å²) in [5, 5.41) is 6.28. The molecule has 0 aliphatic heterocycles. The number of carbonyl (C=O) groups is 2. The predicted molar refractivity (Wildman–Crippen MR) is 87.0 cm³/mol. The van der Waals surface area contributed by atoms with E-state index in [1.807, 2.05) is 42.5 Å². The fraction of sp³-hybridized carbons (Fsp3) is 0.118. The van der Waals surface area contributed by atoms with Gasteiger partial charge in [0.1, 0.15) is 5.75 Å². The van der Waals surface area contributed by atoms with Gasteiger partial charge in [-0.05, 0) is 17.7 Å². The number of hydrogen-bond acceptors (Lipinski definition) is 4. The number of hydrazone groups is 1. The number of para-hydroxylation sites is 1. The molecule has 2 aromatic rings. The van der Waals surface area contributed by atoms with E-state index in [9.17, 15) is 9.59 Å². The summed E-state index contributed by atoms with van der Waals surface area (Å²) < 4.78 is 5.15. The highest BCUT2D eigenvalue weighted by atomic mass is 16.5. The first kappa shape index (κ1) is 16.2. The standard InChI is InChI=1S/C17H17N3O3/c1-23-15-10-6-5-9-14(15)12-19-20-17(22)16(21)18-11-13-7-3-2-4-8-13/h2-10,12H,11H2,1H3,(H,18,21)(H,20,22)/b19-12-. The van der Waals surface area contributed by atoms with Crippen LogP contribution in [0.2, 0.25) is 0 Å². The number of rotatable bonds is 5. The molecule has 2 N–H and O–H groups in total. The number of methoxy groups -OCH3 is 1. The Morgan fingerprint density at radius 2 is 1.74 bits per heavy atom. The van der Waals surface area contributed by atoms with Crippen molar-refractivity contribution in [2.24, 2.45) is 5.10 Å². The largest absolute Gasteiger partial charge is 0.496 e. The number of nitrogens with one attached hydrogen (secondary N) is 2. The molecule has 0 aromatic heterocycles. The van der Waals surface area contributed by atoms with Gasteiger partial charge in [-0.1, -0.05) is 42.5 Å². The summed E-state index contributed by atoms with van der Waals surface area (Å²) in [5.74, 6) is -0.947. The summed E-state index contributed by atoms with van der Waals surface area (Å²) in [4.78, 5) is 23.3. The first-order valence-corrected chi connectivity index (χ1v) is 6.99. The lowest BCUT2D eigenvalue weighted by Crippen LogP contribution is -2.37. The van der Waals surface area contributed by atoms with Crippen molar-refractivity contribution in [2.45, 2.75) is 6.54 Å². The second-order valence-electron chi connectivity index (χ2n) is 4.61. The molecule has 0 saturated heterocycles. The molecule has 6 heteroatoms. The first-order chi connectivity index (χ1) is 11.2. The summed E-state index contributed by atoms with van der Waals surface area (Å²) in [5.41, 5.74) is 3.78. The number of carbonyl (C=O) groups excluding carboxylic acids is 2. The molecule has 0 heterocycles. The lowest BCUT2D eigenvalue weighted by Gasteiger charge is -2.04. The Morgan fingerprint density at radius 3 is 2.48 bits per heavy atom. The molecule has 0 aliphatic rings. The van der Waals surface area contributed by atoms with Crippen molar-refractivity contribution in [3.8, 4) is 5.75 Å². The molecule has 2 rings (SSSR count). The second-order valence-corrected chi connectivity index (χ2v) is 4.61. The molecule has 118 valence electrons. The van der Waals surface area contributed by atoms with Crippen LogP contribution in [-0.4, -0.2) is 25.1 Å². The molecule has 0 spiro atoms. The molecular weight excluding hydrogens is 294 g/mol. The van der Waals surface area contributed by atoms with Crippen molar-refractivity contribution in [2.75, 3.05) is 7.11 Å². The summed E-state index contributed by atoms with van der Waals surface area (Å²) in [6.45, 7) is 0.281. The molecule has 23 heavy (non-hydrogen) atoms. The van der Waals surface area contributed by atoms with Gasteiger partial charge in [-0.2, -0.15) is 5.10 Å². The van der Waals surface area contributed by atoms with Crippen LogP contribution in [0.1, 0.15) is 11.1 Å². The zero-order chi connectivity index (χ0) is 16.5. The number of ether oxygens (including phenoxy) is 1. The minimum atomic E-state index is -0.827. The van der Waals surface area contributed by atoms with Gasteiger partial charge in [-0.3, -0.25) is 9.59 Å². The van der Waals surface area contributed by atoms with Crippen LogP contribution in [-0.2, 0) is 16.1 Å². The van der Waals surface area contributed by atoms with Gasteiger partial charge in [-0.15, -0.1) is 0 Å². The molecule has 0 saturated carbocycles. The van der Waals surface area contributed by atoms with E-state index in [2.05, 4.69) is 15.8 Å². The van der Waals surface area contributed by atoms with Crippen LogP contribution in [0.15, 0.2) is 59.7 Å². The molecule has 0 bridgehead atoms. The summed E-state index contributed by atoms with van der Waals surface area (Å²) >= 11 is 0. The van der Waals surface area contributed by atoms with Crippen molar-refractivity contribution in [1.29, 1.82) is 0 Å². The maximum Gasteiger partial charge on any atom is 0.329 e. The zero-order valence-electron chi connectivity index (χ0n) is 12.7. The number of amides is 2. The fourth-order valence-electron chi connectivity index (χ4n) is 1.84. The Bertz CT molecular complexity index is 699. The van der Waals surface area contributed by atoms with Gasteiger partial charge in [0.25, 0.3) is 0 Å². The number of hydrogen-bond donors (Lipinski definition) is 2. The maximum atomic E-state index is 11.7. The first-order valence-electron chi connectivity index (χ1n) is 6.99. The van der Waals surface area contributed by atoms with E-state index < -0.39 is 11.8 Å². The smallest absolute Gasteiger partial charge is 0.329 e. The van der Waals surface area contributed by atoms with E-state index in [1.165, 1.54) is 6.21 Å². The molecular formula is C17H17N3O3. The van der Waals surface area contributed by atoms with Crippen LogP contribution in [0.5, 0.6) is 5.75 Å². The molecule has 0 fully saturated rings. The van der Waals surface area contributed by atoms with Crippen molar-refractivity contribution in [3.63, 3.8) is 0 Å². The van der Waals surface area contributed by atoms with Crippen LogP contribution in [0.3, 0.4) is 0 Å². The molecule has 6 nitrogen and oxygen atoms in total. The highest BCUT2D eigenvalue weighted by Gasteiger charge is 2.11. The van der Waals surface area contributed by atoms with E-state index in [4.69, 9.17) is 4.74 Å². The monoisotopic (exact) mass is 311 g/mol. The van der Waals surface area contributed by atoms with Gasteiger partial charge in [-0.25, -0.2) is 5.43 Å².